The van der Waals surface area contributed by atoms with E-state index in [0.29, 0.717) is 6.54 Å². The van der Waals surface area contributed by atoms with Crippen molar-refractivity contribution in [1.29, 1.82) is 0 Å². The summed E-state index contributed by atoms with van der Waals surface area (Å²) < 4.78 is 1.67. The Labute approximate surface area is 180 Å². The molecular weight excluding hydrogens is 392 g/mol. The van der Waals surface area contributed by atoms with Crippen LogP contribution in [0.25, 0.3) is 5.69 Å². The van der Waals surface area contributed by atoms with Crippen LogP contribution in [-0.4, -0.2) is 43.8 Å². The first-order chi connectivity index (χ1) is 15.1. The largest absolute Gasteiger partial charge is 0.350 e. The number of carbonyl (C=O) groups is 2. The average Bonchev–Trinajstić information content (AvgIpc) is 3.51. The Balaban J connectivity index is 1.26. The van der Waals surface area contributed by atoms with Crippen molar-refractivity contribution in [2.75, 3.05) is 6.54 Å². The molecule has 0 fully saturated rings. The maximum atomic E-state index is 12.5. The molecule has 2 heterocycles. The smallest absolute Gasteiger partial charge is 0.243 e. The summed E-state index contributed by atoms with van der Waals surface area (Å²) in [6.07, 6.45) is 4.10. The summed E-state index contributed by atoms with van der Waals surface area (Å²) in [6.45, 7) is 2.47. The lowest BCUT2D eigenvalue weighted by Crippen LogP contribution is -2.29. The first-order valence-electron chi connectivity index (χ1n) is 10.3. The maximum Gasteiger partial charge on any atom is 0.243 e. The summed E-state index contributed by atoms with van der Waals surface area (Å²) in [5, 5.41) is 13.0. The molecule has 0 bridgehead atoms. The Morgan fingerprint density at radius 3 is 2.55 bits per heavy atom. The molecule has 1 atom stereocenters. The Morgan fingerprint density at radius 2 is 1.84 bits per heavy atom. The zero-order valence-corrected chi connectivity index (χ0v) is 17.3. The van der Waals surface area contributed by atoms with E-state index >= 15 is 0 Å². The van der Waals surface area contributed by atoms with Crippen molar-refractivity contribution in [3.8, 4) is 5.69 Å². The number of hydrogen-bond acceptors (Lipinski definition) is 5. The first-order valence-corrected chi connectivity index (χ1v) is 10.3. The zero-order valence-electron chi connectivity index (χ0n) is 17.3. The topological polar surface area (TPSA) is 92.5 Å². The molecule has 4 rings (SSSR count). The van der Waals surface area contributed by atoms with Gasteiger partial charge < -0.3 is 5.32 Å². The van der Waals surface area contributed by atoms with Gasteiger partial charge >= 0.3 is 0 Å². The minimum Gasteiger partial charge on any atom is -0.350 e. The predicted octanol–water partition coefficient (Wildman–Crippen LogP) is 2.86. The van der Waals surface area contributed by atoms with E-state index in [1.165, 1.54) is 11.3 Å². The van der Waals surface area contributed by atoms with Crippen LogP contribution < -0.4 is 5.32 Å². The second-order valence-electron chi connectivity index (χ2n) is 7.40. The van der Waals surface area contributed by atoms with Crippen LogP contribution in [0.3, 0.4) is 0 Å². The molecule has 0 radical (unpaired) electrons. The number of carbonyl (C=O) groups excluding carboxylic acids is 2. The van der Waals surface area contributed by atoms with E-state index in [0.717, 1.165) is 28.9 Å². The molecule has 31 heavy (non-hydrogen) atoms. The van der Waals surface area contributed by atoms with Crippen molar-refractivity contribution in [2.45, 2.75) is 32.2 Å². The van der Waals surface area contributed by atoms with E-state index in [-0.39, 0.29) is 30.7 Å². The molecule has 0 saturated carbocycles. The quantitative estimate of drug-likeness (QED) is 0.641. The molecule has 158 valence electrons. The zero-order chi connectivity index (χ0) is 21.6. The standard InChI is InChI=1S/C23H24N6O2/c1-17(18-7-9-20(10-8-18)29-16-24-15-25-29)26-22(30)11-12-23(31)28-14-13-21(27-28)19-5-3-2-4-6-19/h2-10,15-17H,11-14H2,1H3,(H,26,30)/t17-/m1/s1. The normalized spacial score (nSPS) is 14.2. The lowest BCUT2D eigenvalue weighted by Gasteiger charge is -2.16. The van der Waals surface area contributed by atoms with Crippen LogP contribution >= 0.6 is 0 Å². The molecule has 2 aromatic carbocycles. The second kappa shape index (κ2) is 9.34. The van der Waals surface area contributed by atoms with E-state index in [9.17, 15) is 9.59 Å². The molecule has 3 aromatic rings. The third kappa shape index (κ3) is 5.03. The number of hydrogen-bond donors (Lipinski definition) is 1. The van der Waals surface area contributed by atoms with E-state index in [1.807, 2.05) is 61.5 Å². The highest BCUT2D eigenvalue weighted by Gasteiger charge is 2.22. The molecule has 0 spiro atoms. The van der Waals surface area contributed by atoms with Crippen molar-refractivity contribution >= 4 is 17.5 Å². The van der Waals surface area contributed by atoms with Gasteiger partial charge in [-0.2, -0.15) is 10.2 Å². The summed E-state index contributed by atoms with van der Waals surface area (Å²) in [5.74, 6) is -0.293. The average molecular weight is 416 g/mol. The molecule has 2 amide bonds. The number of amides is 2. The van der Waals surface area contributed by atoms with Crippen molar-refractivity contribution < 1.29 is 9.59 Å². The summed E-state index contributed by atoms with van der Waals surface area (Å²) >= 11 is 0. The molecule has 1 aromatic heterocycles. The highest BCUT2D eigenvalue weighted by atomic mass is 16.2. The van der Waals surface area contributed by atoms with Gasteiger partial charge in [0.1, 0.15) is 12.7 Å². The van der Waals surface area contributed by atoms with E-state index < -0.39 is 0 Å². The van der Waals surface area contributed by atoms with Crippen molar-refractivity contribution in [3.63, 3.8) is 0 Å². The summed E-state index contributed by atoms with van der Waals surface area (Å²) in [4.78, 5) is 28.7. The molecular formula is C23H24N6O2. The van der Waals surface area contributed by atoms with Crippen LogP contribution in [0.2, 0.25) is 0 Å². The fourth-order valence-electron chi connectivity index (χ4n) is 3.47. The molecule has 0 saturated heterocycles. The predicted molar refractivity (Wildman–Crippen MR) is 116 cm³/mol. The van der Waals surface area contributed by atoms with Crippen LogP contribution in [0.15, 0.2) is 72.4 Å². The fourth-order valence-corrected chi connectivity index (χ4v) is 3.47. The maximum absolute atomic E-state index is 12.5. The Morgan fingerprint density at radius 1 is 1.06 bits per heavy atom. The van der Waals surface area contributed by atoms with E-state index in [4.69, 9.17) is 0 Å². The summed E-state index contributed by atoms with van der Waals surface area (Å²) in [6, 6.07) is 17.4. The highest BCUT2D eigenvalue weighted by molar-refractivity contribution is 6.02. The fraction of sp³-hybridized carbons (Fsp3) is 0.261. The van der Waals surface area contributed by atoms with Crippen LogP contribution in [-0.2, 0) is 9.59 Å². The van der Waals surface area contributed by atoms with Gasteiger partial charge in [0.05, 0.1) is 24.0 Å². The van der Waals surface area contributed by atoms with Crippen molar-refractivity contribution in [1.82, 2.24) is 25.1 Å². The van der Waals surface area contributed by atoms with Gasteiger partial charge in [-0.05, 0) is 30.2 Å². The highest BCUT2D eigenvalue weighted by Crippen LogP contribution is 2.17. The molecule has 0 unspecified atom stereocenters. The van der Waals surface area contributed by atoms with Crippen LogP contribution in [0, 0.1) is 0 Å². The van der Waals surface area contributed by atoms with Gasteiger partial charge in [0, 0.05) is 19.3 Å². The SMILES string of the molecule is C[C@@H](NC(=O)CCC(=O)N1CCC(c2ccccc2)=N1)c1ccc(-n2cncn2)cc1. The number of hydrazone groups is 1. The number of benzene rings is 2. The lowest BCUT2D eigenvalue weighted by atomic mass is 10.1. The van der Waals surface area contributed by atoms with Gasteiger partial charge in [-0.15, -0.1) is 0 Å². The van der Waals surface area contributed by atoms with Crippen LogP contribution in [0.5, 0.6) is 0 Å². The molecule has 1 aliphatic heterocycles. The summed E-state index contributed by atoms with van der Waals surface area (Å²) in [5.41, 5.74) is 3.80. The number of nitrogens with zero attached hydrogens (tertiary/aromatic N) is 5. The van der Waals surface area contributed by atoms with Gasteiger partial charge in [0.15, 0.2) is 0 Å². The third-order valence-corrected chi connectivity index (χ3v) is 5.22. The van der Waals surface area contributed by atoms with Gasteiger partial charge in [0.25, 0.3) is 0 Å². The first kappa shape index (κ1) is 20.5. The van der Waals surface area contributed by atoms with E-state index in [1.54, 1.807) is 11.0 Å². The van der Waals surface area contributed by atoms with Crippen LogP contribution in [0.4, 0.5) is 0 Å². The van der Waals surface area contributed by atoms with Gasteiger partial charge in [-0.3, -0.25) is 9.59 Å². The second-order valence-corrected chi connectivity index (χ2v) is 7.40. The molecule has 0 aliphatic carbocycles. The molecule has 8 heteroatoms. The van der Waals surface area contributed by atoms with E-state index in [2.05, 4.69) is 20.5 Å². The van der Waals surface area contributed by atoms with Crippen molar-refractivity contribution in [2.24, 2.45) is 5.10 Å². The summed E-state index contributed by atoms with van der Waals surface area (Å²) in [7, 11) is 0. The number of nitrogens with one attached hydrogen (secondary N) is 1. The minimum absolute atomic E-state index is 0.132. The van der Waals surface area contributed by atoms with Gasteiger partial charge in [0.2, 0.25) is 11.8 Å². The number of aromatic nitrogens is 3. The Kier molecular flexibility index (Phi) is 6.16. The number of rotatable bonds is 7. The minimum atomic E-state index is -0.165. The third-order valence-electron chi connectivity index (χ3n) is 5.22. The van der Waals surface area contributed by atoms with Gasteiger partial charge in [-0.1, -0.05) is 42.5 Å². The van der Waals surface area contributed by atoms with Crippen molar-refractivity contribution in [3.05, 3.63) is 78.4 Å². The molecule has 1 aliphatic rings. The van der Waals surface area contributed by atoms with Gasteiger partial charge in [-0.25, -0.2) is 14.7 Å². The monoisotopic (exact) mass is 416 g/mol. The lowest BCUT2D eigenvalue weighted by molar-refractivity contribution is -0.133. The molecule has 8 nitrogen and oxygen atoms in total. The molecule has 1 N–H and O–H groups in total. The van der Waals surface area contributed by atoms with Crippen LogP contribution in [0.1, 0.15) is 43.4 Å². The Hall–Kier alpha value is -3.81. The Bertz CT molecular complexity index is 1060.